The summed E-state index contributed by atoms with van der Waals surface area (Å²) in [5, 5.41) is 1.79. The Labute approximate surface area is 138 Å². The van der Waals surface area contributed by atoms with E-state index in [9.17, 15) is 13.2 Å². The van der Waals surface area contributed by atoms with Crippen LogP contribution in [0.5, 0.6) is 0 Å². The Kier molecular flexibility index (Phi) is 4.61. The molecule has 0 N–H and O–H groups in total. The summed E-state index contributed by atoms with van der Waals surface area (Å²) in [4.78, 5) is 14.1. The van der Waals surface area contributed by atoms with Crippen molar-refractivity contribution in [1.29, 1.82) is 0 Å². The smallest absolute Gasteiger partial charge is 0.287 e. The Bertz CT molecular complexity index is 676. The van der Waals surface area contributed by atoms with Crippen molar-refractivity contribution >= 4 is 44.2 Å². The van der Waals surface area contributed by atoms with Crippen LogP contribution in [0.25, 0.3) is 0 Å². The highest BCUT2D eigenvalue weighted by Crippen LogP contribution is 2.34. The number of amides is 1. The van der Waals surface area contributed by atoms with Gasteiger partial charge in [0.15, 0.2) is 5.17 Å². The highest BCUT2D eigenvalue weighted by Gasteiger charge is 2.40. The van der Waals surface area contributed by atoms with E-state index < -0.39 is 10.0 Å². The van der Waals surface area contributed by atoms with Crippen LogP contribution in [0.4, 0.5) is 0 Å². The summed E-state index contributed by atoms with van der Waals surface area (Å²) in [7, 11) is -3.73. The summed E-state index contributed by atoms with van der Waals surface area (Å²) in [6, 6.07) is 3.32. The van der Waals surface area contributed by atoms with Gasteiger partial charge in [-0.3, -0.25) is 9.69 Å². The molecule has 2 heterocycles. The topological polar surface area (TPSA) is 66.8 Å². The molecule has 2 fully saturated rings. The molecule has 2 aliphatic rings. The van der Waals surface area contributed by atoms with Gasteiger partial charge in [0.25, 0.3) is 10.0 Å². The van der Waals surface area contributed by atoms with Crippen LogP contribution < -0.4 is 0 Å². The van der Waals surface area contributed by atoms with Crippen molar-refractivity contribution in [2.24, 2.45) is 4.40 Å². The van der Waals surface area contributed by atoms with E-state index in [0.29, 0.717) is 5.17 Å². The minimum absolute atomic E-state index is 0.0166. The van der Waals surface area contributed by atoms with E-state index in [1.165, 1.54) is 18.2 Å². The van der Waals surface area contributed by atoms with Gasteiger partial charge in [-0.05, 0) is 31.2 Å². The lowest BCUT2D eigenvalue weighted by atomic mass is 9.94. The molecule has 0 bridgehead atoms. The zero-order valence-electron chi connectivity index (χ0n) is 12.3. The van der Waals surface area contributed by atoms with Crippen molar-refractivity contribution in [2.75, 3.05) is 0 Å². The van der Waals surface area contributed by atoms with Crippen LogP contribution in [0, 0.1) is 0 Å². The van der Waals surface area contributed by atoms with Crippen molar-refractivity contribution in [3.63, 3.8) is 0 Å². The fraction of sp³-hybridized carbons (Fsp3) is 0.571. The molecule has 1 atom stereocenters. The molecule has 1 aromatic heterocycles. The second kappa shape index (κ2) is 6.33. The molecule has 0 radical (unpaired) electrons. The number of rotatable bonds is 3. The molecule has 1 aromatic rings. The molecule has 1 saturated heterocycles. The van der Waals surface area contributed by atoms with E-state index in [1.807, 2.05) is 6.92 Å². The molecule has 22 heavy (non-hydrogen) atoms. The number of thioether (sulfide) groups is 1. The molecule has 0 spiro atoms. The lowest BCUT2D eigenvalue weighted by molar-refractivity contribution is -0.127. The van der Waals surface area contributed by atoms with Crippen LogP contribution in [0.1, 0.15) is 39.0 Å². The molecule has 1 amide bonds. The normalized spacial score (nSPS) is 26.0. The maximum absolute atomic E-state index is 12.4. The first-order chi connectivity index (χ1) is 10.5. The summed E-state index contributed by atoms with van der Waals surface area (Å²) in [6.07, 6.45) is 5.20. The number of amidine groups is 1. The molecule has 1 saturated carbocycles. The van der Waals surface area contributed by atoms with Gasteiger partial charge in [-0.1, -0.05) is 37.1 Å². The lowest BCUT2D eigenvalue weighted by Gasteiger charge is -2.30. The number of thiophene rings is 1. The van der Waals surface area contributed by atoms with Crippen molar-refractivity contribution < 1.29 is 13.2 Å². The zero-order chi connectivity index (χ0) is 15.7. The first-order valence-electron chi connectivity index (χ1n) is 7.37. The zero-order valence-corrected chi connectivity index (χ0v) is 14.7. The van der Waals surface area contributed by atoms with E-state index in [0.717, 1.165) is 37.0 Å². The third-order valence-electron chi connectivity index (χ3n) is 3.96. The minimum Gasteiger partial charge on any atom is -0.287 e. The van der Waals surface area contributed by atoms with Crippen molar-refractivity contribution in [1.82, 2.24) is 4.90 Å². The van der Waals surface area contributed by atoms with Crippen molar-refractivity contribution in [3.8, 4) is 0 Å². The van der Waals surface area contributed by atoms with Crippen molar-refractivity contribution in [2.45, 2.75) is 54.5 Å². The number of nitrogens with zero attached hydrogens (tertiary/aromatic N) is 2. The Morgan fingerprint density at radius 1 is 1.27 bits per heavy atom. The van der Waals surface area contributed by atoms with Gasteiger partial charge < -0.3 is 0 Å². The van der Waals surface area contributed by atoms with Crippen LogP contribution in [-0.4, -0.2) is 35.7 Å². The highest BCUT2D eigenvalue weighted by molar-refractivity contribution is 8.16. The second-order valence-corrected chi connectivity index (χ2v) is 9.63. The summed E-state index contributed by atoms with van der Waals surface area (Å²) in [6.45, 7) is 1.81. The van der Waals surface area contributed by atoms with Crippen LogP contribution >= 0.6 is 23.1 Å². The van der Waals surface area contributed by atoms with Gasteiger partial charge in [0.2, 0.25) is 5.91 Å². The van der Waals surface area contributed by atoms with Crippen LogP contribution in [0.2, 0.25) is 0 Å². The third-order valence-corrected chi connectivity index (χ3v) is 7.77. The molecule has 5 nitrogen and oxygen atoms in total. The molecule has 0 unspecified atom stereocenters. The van der Waals surface area contributed by atoms with Crippen molar-refractivity contribution in [3.05, 3.63) is 17.5 Å². The SMILES string of the molecule is C[C@H]1SC(=NS(=O)(=O)c2cccs2)N(C2CCCCC2)C1=O. The van der Waals surface area contributed by atoms with E-state index in [2.05, 4.69) is 4.40 Å². The minimum atomic E-state index is -3.73. The van der Waals surface area contributed by atoms with E-state index in [4.69, 9.17) is 0 Å². The highest BCUT2D eigenvalue weighted by atomic mass is 32.2. The summed E-state index contributed by atoms with van der Waals surface area (Å²) in [5.74, 6) is -0.0166. The quantitative estimate of drug-likeness (QED) is 0.833. The molecule has 1 aliphatic carbocycles. The molecular formula is C14H18N2O3S3. The van der Waals surface area contributed by atoms with E-state index >= 15 is 0 Å². The Balaban J connectivity index is 1.93. The van der Waals surface area contributed by atoms with Crippen LogP contribution in [0.15, 0.2) is 26.1 Å². The van der Waals surface area contributed by atoms with Crippen LogP contribution in [-0.2, 0) is 14.8 Å². The standard InChI is InChI=1S/C14H18N2O3S3/c1-10-13(17)16(11-6-3-2-4-7-11)14(21-10)15-22(18,19)12-8-5-9-20-12/h5,8-11H,2-4,6-7H2,1H3/t10-/m1/s1. The van der Waals surface area contributed by atoms with Gasteiger partial charge >= 0.3 is 0 Å². The summed E-state index contributed by atoms with van der Waals surface area (Å²) in [5.41, 5.74) is 0. The predicted octanol–water partition coefficient (Wildman–Crippen LogP) is 3.09. The van der Waals surface area contributed by atoms with Gasteiger partial charge in [-0.15, -0.1) is 15.7 Å². The molecular weight excluding hydrogens is 340 g/mol. The number of carbonyl (C=O) groups is 1. The first-order valence-corrected chi connectivity index (χ1v) is 10.6. The molecule has 8 heteroatoms. The first kappa shape index (κ1) is 16.0. The lowest BCUT2D eigenvalue weighted by Crippen LogP contribution is -2.42. The van der Waals surface area contributed by atoms with Gasteiger partial charge in [0, 0.05) is 6.04 Å². The predicted molar refractivity (Wildman–Crippen MR) is 89.7 cm³/mol. The van der Waals surface area contributed by atoms with Crippen LogP contribution in [0.3, 0.4) is 0 Å². The fourth-order valence-electron chi connectivity index (χ4n) is 2.85. The van der Waals surface area contributed by atoms with Gasteiger partial charge in [0.1, 0.15) is 4.21 Å². The Hall–Kier alpha value is -0.860. The average Bonchev–Trinajstić information content (AvgIpc) is 3.10. The maximum atomic E-state index is 12.4. The number of sulfonamides is 1. The van der Waals surface area contributed by atoms with Gasteiger partial charge in [-0.2, -0.15) is 8.42 Å². The van der Waals surface area contributed by atoms with E-state index in [-0.39, 0.29) is 21.4 Å². The Morgan fingerprint density at radius 2 is 2.00 bits per heavy atom. The van der Waals surface area contributed by atoms with Gasteiger partial charge in [0.05, 0.1) is 5.25 Å². The maximum Gasteiger partial charge on any atom is 0.294 e. The second-order valence-electron chi connectivity index (χ2n) is 5.54. The number of hydrogen-bond donors (Lipinski definition) is 0. The third kappa shape index (κ3) is 3.09. The van der Waals surface area contributed by atoms with Gasteiger partial charge in [-0.25, -0.2) is 0 Å². The fourth-order valence-corrected chi connectivity index (χ4v) is 6.05. The number of hydrogen-bond acceptors (Lipinski definition) is 5. The molecule has 120 valence electrons. The largest absolute Gasteiger partial charge is 0.294 e. The summed E-state index contributed by atoms with van der Waals surface area (Å²) < 4.78 is 28.9. The summed E-state index contributed by atoms with van der Waals surface area (Å²) >= 11 is 2.40. The Morgan fingerprint density at radius 3 is 2.64 bits per heavy atom. The molecule has 0 aromatic carbocycles. The molecule has 3 rings (SSSR count). The number of carbonyl (C=O) groups excluding carboxylic acids is 1. The molecule has 1 aliphatic heterocycles. The average molecular weight is 359 g/mol. The van der Waals surface area contributed by atoms with E-state index in [1.54, 1.807) is 22.4 Å². The monoisotopic (exact) mass is 358 g/mol.